The summed E-state index contributed by atoms with van der Waals surface area (Å²) in [5.74, 6) is 0.729. The van der Waals surface area contributed by atoms with Gasteiger partial charge in [-0.2, -0.15) is 0 Å². The SMILES string of the molecule is Cn1c(N2CCOC3(CCCCC3)C2)nc(-c2ccncc2)cc1=O. The standard InChI is InChI=1S/C19H24N4O2/c1-22-17(24)13-16(15-5-9-20-10-6-15)21-18(22)23-11-12-25-19(14-23)7-3-2-4-8-19/h5-6,9-10,13H,2-4,7-8,11-12,14H2,1H3. The second kappa shape index (κ2) is 6.59. The monoisotopic (exact) mass is 340 g/mol. The molecule has 6 nitrogen and oxygen atoms in total. The van der Waals surface area contributed by atoms with E-state index in [-0.39, 0.29) is 11.2 Å². The van der Waals surface area contributed by atoms with Crippen molar-refractivity contribution < 1.29 is 4.74 Å². The molecule has 4 rings (SSSR count). The molecule has 2 aromatic heterocycles. The maximum absolute atomic E-state index is 12.5. The van der Waals surface area contributed by atoms with E-state index in [1.807, 2.05) is 12.1 Å². The van der Waals surface area contributed by atoms with E-state index in [1.165, 1.54) is 19.3 Å². The van der Waals surface area contributed by atoms with E-state index in [9.17, 15) is 4.79 Å². The highest BCUT2D eigenvalue weighted by molar-refractivity contribution is 5.59. The zero-order chi connectivity index (χ0) is 17.3. The molecule has 2 aliphatic rings. The van der Waals surface area contributed by atoms with Crippen molar-refractivity contribution in [2.45, 2.75) is 37.7 Å². The molecule has 1 aliphatic carbocycles. The first kappa shape index (κ1) is 16.3. The van der Waals surface area contributed by atoms with Crippen LogP contribution in [0.3, 0.4) is 0 Å². The minimum absolute atomic E-state index is 0.0407. The lowest BCUT2D eigenvalue weighted by atomic mass is 9.83. The van der Waals surface area contributed by atoms with Gasteiger partial charge in [0.1, 0.15) is 0 Å². The number of hydrogen-bond donors (Lipinski definition) is 0. The van der Waals surface area contributed by atoms with Gasteiger partial charge in [0.25, 0.3) is 5.56 Å². The zero-order valence-corrected chi connectivity index (χ0v) is 14.6. The van der Waals surface area contributed by atoms with Gasteiger partial charge < -0.3 is 9.64 Å². The zero-order valence-electron chi connectivity index (χ0n) is 14.6. The average Bonchev–Trinajstić information content (AvgIpc) is 2.65. The van der Waals surface area contributed by atoms with Crippen LogP contribution in [0, 0.1) is 0 Å². The summed E-state index contributed by atoms with van der Waals surface area (Å²) in [6, 6.07) is 5.36. The lowest BCUT2D eigenvalue weighted by Gasteiger charge is -2.45. The molecule has 0 bridgehead atoms. The van der Waals surface area contributed by atoms with Crippen LogP contribution in [-0.4, -0.2) is 39.8 Å². The van der Waals surface area contributed by atoms with Crippen LogP contribution in [0.1, 0.15) is 32.1 Å². The number of aromatic nitrogens is 3. The molecule has 0 aromatic carbocycles. The summed E-state index contributed by atoms with van der Waals surface area (Å²) in [5, 5.41) is 0. The van der Waals surface area contributed by atoms with Gasteiger partial charge in [0, 0.05) is 44.2 Å². The van der Waals surface area contributed by atoms with Crippen molar-refractivity contribution in [3.8, 4) is 11.3 Å². The van der Waals surface area contributed by atoms with Gasteiger partial charge in [-0.1, -0.05) is 19.3 Å². The highest BCUT2D eigenvalue weighted by atomic mass is 16.5. The summed E-state index contributed by atoms with van der Waals surface area (Å²) < 4.78 is 7.82. The first-order valence-electron chi connectivity index (χ1n) is 9.04. The van der Waals surface area contributed by atoms with Gasteiger partial charge in [-0.3, -0.25) is 14.3 Å². The van der Waals surface area contributed by atoms with Crippen molar-refractivity contribution in [1.29, 1.82) is 0 Å². The summed E-state index contributed by atoms with van der Waals surface area (Å²) in [6.07, 6.45) is 9.37. The summed E-state index contributed by atoms with van der Waals surface area (Å²) in [6.45, 7) is 2.27. The summed E-state index contributed by atoms with van der Waals surface area (Å²) in [5.41, 5.74) is 1.50. The number of hydrogen-bond acceptors (Lipinski definition) is 5. The molecule has 0 radical (unpaired) electrons. The predicted molar refractivity (Wildman–Crippen MR) is 96.7 cm³/mol. The summed E-state index contributed by atoms with van der Waals surface area (Å²) >= 11 is 0. The second-order valence-electron chi connectivity index (χ2n) is 7.09. The van der Waals surface area contributed by atoms with Crippen LogP contribution >= 0.6 is 0 Å². The topological polar surface area (TPSA) is 60.2 Å². The predicted octanol–water partition coefficient (Wildman–Crippen LogP) is 2.38. The Kier molecular flexibility index (Phi) is 4.29. The molecule has 0 amide bonds. The number of anilines is 1. The molecule has 132 valence electrons. The Hall–Kier alpha value is -2.21. The lowest BCUT2D eigenvalue weighted by Crippen LogP contribution is -2.54. The first-order valence-corrected chi connectivity index (χ1v) is 9.04. The number of morpholine rings is 1. The molecule has 1 spiro atoms. The van der Waals surface area contributed by atoms with Crippen LogP contribution in [0.25, 0.3) is 11.3 Å². The van der Waals surface area contributed by atoms with E-state index in [0.29, 0.717) is 12.3 Å². The Morgan fingerprint density at radius 2 is 1.92 bits per heavy atom. The van der Waals surface area contributed by atoms with Gasteiger partial charge in [0.2, 0.25) is 5.95 Å². The van der Waals surface area contributed by atoms with Crippen LogP contribution in [0.4, 0.5) is 5.95 Å². The minimum Gasteiger partial charge on any atom is -0.371 e. The Morgan fingerprint density at radius 3 is 2.68 bits per heavy atom. The molecule has 3 heterocycles. The van der Waals surface area contributed by atoms with Crippen molar-refractivity contribution in [3.63, 3.8) is 0 Å². The molecular formula is C19H24N4O2. The fourth-order valence-corrected chi connectivity index (χ4v) is 3.99. The average molecular weight is 340 g/mol. The van der Waals surface area contributed by atoms with E-state index < -0.39 is 0 Å². The third-order valence-electron chi connectivity index (χ3n) is 5.38. The van der Waals surface area contributed by atoms with E-state index >= 15 is 0 Å². The van der Waals surface area contributed by atoms with Gasteiger partial charge in [0.15, 0.2) is 0 Å². The molecule has 0 unspecified atom stereocenters. The quantitative estimate of drug-likeness (QED) is 0.840. The van der Waals surface area contributed by atoms with Gasteiger partial charge in [-0.15, -0.1) is 0 Å². The molecule has 1 saturated carbocycles. The molecule has 25 heavy (non-hydrogen) atoms. The molecule has 2 aromatic rings. The second-order valence-corrected chi connectivity index (χ2v) is 7.09. The maximum Gasteiger partial charge on any atom is 0.255 e. The molecular weight excluding hydrogens is 316 g/mol. The van der Waals surface area contributed by atoms with E-state index in [2.05, 4.69) is 9.88 Å². The fraction of sp³-hybridized carbons (Fsp3) is 0.526. The lowest BCUT2D eigenvalue weighted by molar-refractivity contribution is -0.0786. The van der Waals surface area contributed by atoms with Crippen molar-refractivity contribution in [2.24, 2.45) is 7.05 Å². The fourth-order valence-electron chi connectivity index (χ4n) is 3.99. The van der Waals surface area contributed by atoms with Crippen LogP contribution < -0.4 is 10.5 Å². The van der Waals surface area contributed by atoms with Crippen LogP contribution in [0.2, 0.25) is 0 Å². The Balaban J connectivity index is 1.69. The van der Waals surface area contributed by atoms with Crippen molar-refractivity contribution in [3.05, 3.63) is 40.9 Å². The molecule has 6 heteroatoms. The maximum atomic E-state index is 12.5. The molecule has 1 aliphatic heterocycles. The first-order chi connectivity index (χ1) is 12.2. The Morgan fingerprint density at radius 1 is 1.16 bits per heavy atom. The minimum atomic E-state index is -0.0686. The number of pyridine rings is 1. The van der Waals surface area contributed by atoms with Crippen LogP contribution in [0.5, 0.6) is 0 Å². The van der Waals surface area contributed by atoms with Gasteiger partial charge in [-0.25, -0.2) is 4.98 Å². The Labute approximate surface area is 147 Å². The smallest absolute Gasteiger partial charge is 0.255 e. The normalized spacial score (nSPS) is 20.0. The summed E-state index contributed by atoms with van der Waals surface area (Å²) in [7, 11) is 1.80. The van der Waals surface area contributed by atoms with Crippen molar-refractivity contribution in [1.82, 2.24) is 14.5 Å². The van der Waals surface area contributed by atoms with Gasteiger partial charge >= 0.3 is 0 Å². The molecule has 0 atom stereocenters. The highest BCUT2D eigenvalue weighted by Gasteiger charge is 2.38. The van der Waals surface area contributed by atoms with E-state index in [4.69, 9.17) is 9.72 Å². The van der Waals surface area contributed by atoms with Crippen molar-refractivity contribution >= 4 is 5.95 Å². The van der Waals surface area contributed by atoms with E-state index in [1.54, 1.807) is 30.1 Å². The van der Waals surface area contributed by atoms with Gasteiger partial charge in [0.05, 0.1) is 17.9 Å². The highest BCUT2D eigenvalue weighted by Crippen LogP contribution is 2.35. The Bertz CT molecular complexity index is 791. The molecule has 1 saturated heterocycles. The molecule has 0 N–H and O–H groups in total. The molecule has 2 fully saturated rings. The third kappa shape index (κ3) is 3.18. The van der Waals surface area contributed by atoms with E-state index in [0.717, 1.165) is 37.4 Å². The largest absolute Gasteiger partial charge is 0.371 e. The number of ether oxygens (including phenoxy) is 1. The summed E-state index contributed by atoms with van der Waals surface area (Å²) in [4.78, 5) is 23.6. The number of rotatable bonds is 2. The van der Waals surface area contributed by atoms with Crippen LogP contribution in [0.15, 0.2) is 35.4 Å². The van der Waals surface area contributed by atoms with Crippen LogP contribution in [-0.2, 0) is 11.8 Å². The van der Waals surface area contributed by atoms with Gasteiger partial charge in [-0.05, 0) is 25.0 Å². The van der Waals surface area contributed by atoms with Crippen molar-refractivity contribution in [2.75, 3.05) is 24.6 Å². The number of nitrogens with zero attached hydrogens (tertiary/aromatic N) is 4. The third-order valence-corrected chi connectivity index (χ3v) is 5.38.